The molecule has 138 valence electrons. The lowest BCUT2D eigenvalue weighted by molar-refractivity contribution is -0.148. The highest BCUT2D eigenvalue weighted by Gasteiger charge is 2.54. The number of fused-ring (bicyclic) bond motifs is 2. The van der Waals surface area contributed by atoms with Crippen molar-refractivity contribution >= 4 is 23.2 Å². The SMILES string of the molecule is NC(CC(=O)C(=O)C1CC1)(C(=O)O)C1c2ccccc2N[C@@H]2CCC[C@H]12. The van der Waals surface area contributed by atoms with Crippen LogP contribution in [0.3, 0.4) is 0 Å². The maximum atomic E-state index is 12.5. The fourth-order valence-electron chi connectivity index (χ4n) is 4.80. The van der Waals surface area contributed by atoms with Crippen LogP contribution in [0.1, 0.15) is 50.0 Å². The van der Waals surface area contributed by atoms with Gasteiger partial charge < -0.3 is 16.2 Å². The minimum Gasteiger partial charge on any atom is -0.480 e. The second kappa shape index (κ2) is 6.20. The van der Waals surface area contributed by atoms with Gasteiger partial charge in [0, 0.05) is 30.0 Å². The van der Waals surface area contributed by atoms with E-state index in [0.717, 1.165) is 43.4 Å². The molecule has 26 heavy (non-hydrogen) atoms. The largest absolute Gasteiger partial charge is 0.480 e. The lowest BCUT2D eigenvalue weighted by Crippen LogP contribution is -2.59. The summed E-state index contributed by atoms with van der Waals surface area (Å²) in [5.74, 6) is -2.95. The molecule has 6 heteroatoms. The number of ketones is 2. The molecule has 1 aromatic rings. The summed E-state index contributed by atoms with van der Waals surface area (Å²) in [5, 5.41) is 13.5. The first kappa shape index (κ1) is 17.2. The molecule has 2 fully saturated rings. The number of rotatable bonds is 6. The van der Waals surface area contributed by atoms with Crippen LogP contribution in [0.2, 0.25) is 0 Å². The van der Waals surface area contributed by atoms with E-state index in [1.165, 1.54) is 0 Å². The second-order valence-electron chi connectivity index (χ2n) is 7.99. The highest BCUT2D eigenvalue weighted by Crippen LogP contribution is 2.50. The Morgan fingerprint density at radius 1 is 1.15 bits per heavy atom. The summed E-state index contributed by atoms with van der Waals surface area (Å²) in [7, 11) is 0. The first-order chi connectivity index (χ1) is 12.4. The number of nitrogens with two attached hydrogens (primary N) is 1. The van der Waals surface area contributed by atoms with Crippen LogP contribution in [0.25, 0.3) is 0 Å². The number of nitrogens with one attached hydrogen (secondary N) is 1. The van der Waals surface area contributed by atoms with E-state index in [1.807, 2.05) is 24.3 Å². The summed E-state index contributed by atoms with van der Waals surface area (Å²) in [4.78, 5) is 36.9. The zero-order chi connectivity index (χ0) is 18.5. The second-order valence-corrected chi connectivity index (χ2v) is 7.99. The van der Waals surface area contributed by atoms with Crippen molar-refractivity contribution in [2.24, 2.45) is 17.6 Å². The van der Waals surface area contributed by atoms with Crippen LogP contribution >= 0.6 is 0 Å². The average Bonchev–Trinajstić information content (AvgIpc) is 3.36. The number of carbonyl (C=O) groups excluding carboxylic acids is 2. The van der Waals surface area contributed by atoms with E-state index >= 15 is 0 Å². The van der Waals surface area contributed by atoms with Gasteiger partial charge in [-0.1, -0.05) is 24.6 Å². The molecule has 2 aliphatic carbocycles. The van der Waals surface area contributed by atoms with Crippen LogP contribution in [0.5, 0.6) is 0 Å². The summed E-state index contributed by atoms with van der Waals surface area (Å²) >= 11 is 0. The van der Waals surface area contributed by atoms with Gasteiger partial charge in [-0.2, -0.15) is 0 Å². The first-order valence-electron chi connectivity index (χ1n) is 9.36. The predicted octanol–water partition coefficient (Wildman–Crippen LogP) is 2.08. The van der Waals surface area contributed by atoms with Crippen molar-refractivity contribution in [3.05, 3.63) is 29.8 Å². The fourth-order valence-corrected chi connectivity index (χ4v) is 4.80. The van der Waals surface area contributed by atoms with Crippen molar-refractivity contribution in [1.29, 1.82) is 0 Å². The molecule has 2 saturated carbocycles. The molecule has 4 N–H and O–H groups in total. The molecule has 4 atom stereocenters. The molecule has 0 radical (unpaired) electrons. The average molecular weight is 356 g/mol. The minimum absolute atomic E-state index is 0.0508. The Balaban J connectivity index is 1.73. The lowest BCUT2D eigenvalue weighted by Gasteiger charge is -2.44. The molecule has 1 aromatic carbocycles. The van der Waals surface area contributed by atoms with Gasteiger partial charge in [-0.15, -0.1) is 0 Å². The van der Waals surface area contributed by atoms with Crippen LogP contribution in [0.15, 0.2) is 24.3 Å². The van der Waals surface area contributed by atoms with E-state index in [4.69, 9.17) is 5.73 Å². The van der Waals surface area contributed by atoms with Crippen molar-refractivity contribution in [1.82, 2.24) is 0 Å². The number of carboxylic acids is 1. The third-order valence-corrected chi connectivity index (χ3v) is 6.26. The summed E-state index contributed by atoms with van der Waals surface area (Å²) < 4.78 is 0. The van der Waals surface area contributed by atoms with Crippen molar-refractivity contribution in [2.45, 2.75) is 56.0 Å². The Morgan fingerprint density at radius 3 is 2.58 bits per heavy atom. The molecule has 2 unspecified atom stereocenters. The Labute approximate surface area is 152 Å². The van der Waals surface area contributed by atoms with Gasteiger partial charge in [0.25, 0.3) is 0 Å². The molecular weight excluding hydrogens is 332 g/mol. The van der Waals surface area contributed by atoms with Crippen LogP contribution < -0.4 is 11.1 Å². The van der Waals surface area contributed by atoms with Gasteiger partial charge in [0.05, 0.1) is 0 Å². The molecule has 4 rings (SSSR count). The summed E-state index contributed by atoms with van der Waals surface area (Å²) in [6.07, 6.45) is 3.83. The summed E-state index contributed by atoms with van der Waals surface area (Å²) in [5.41, 5.74) is 6.40. The zero-order valence-corrected chi connectivity index (χ0v) is 14.6. The van der Waals surface area contributed by atoms with Gasteiger partial charge >= 0.3 is 5.97 Å². The number of Topliss-reactive ketones (excluding diaryl/α,β-unsaturated/α-hetero) is 2. The van der Waals surface area contributed by atoms with Crippen LogP contribution in [0.4, 0.5) is 5.69 Å². The highest BCUT2D eigenvalue weighted by atomic mass is 16.4. The molecule has 0 saturated heterocycles. The van der Waals surface area contributed by atoms with Crippen LogP contribution in [-0.2, 0) is 14.4 Å². The van der Waals surface area contributed by atoms with E-state index in [-0.39, 0.29) is 17.9 Å². The summed E-state index contributed by atoms with van der Waals surface area (Å²) in [6, 6.07) is 7.74. The van der Waals surface area contributed by atoms with E-state index in [0.29, 0.717) is 0 Å². The van der Waals surface area contributed by atoms with Crippen molar-refractivity contribution in [2.75, 3.05) is 5.32 Å². The van der Waals surface area contributed by atoms with Gasteiger partial charge in [-0.3, -0.25) is 14.4 Å². The molecule has 0 aromatic heterocycles. The Hall–Kier alpha value is -2.21. The van der Waals surface area contributed by atoms with Crippen molar-refractivity contribution < 1.29 is 19.5 Å². The molecule has 3 aliphatic rings. The standard InChI is InChI=1S/C20H24N2O4/c21-20(19(25)26,10-16(23)18(24)11-8-9-11)17-12-4-1-2-6-14(12)22-15-7-3-5-13(15)17/h1-2,4,6,11,13,15,17,22H,3,5,7-10,21H2,(H,25,26)/t13-,15+,17?,20?/m0/s1. The maximum absolute atomic E-state index is 12.5. The van der Waals surface area contributed by atoms with Crippen molar-refractivity contribution in [3.63, 3.8) is 0 Å². The number of hydrogen-bond acceptors (Lipinski definition) is 5. The highest BCUT2D eigenvalue weighted by molar-refractivity contribution is 6.39. The van der Waals surface area contributed by atoms with E-state index in [1.54, 1.807) is 0 Å². The normalized spacial score (nSPS) is 29.0. The lowest BCUT2D eigenvalue weighted by atomic mass is 9.66. The van der Waals surface area contributed by atoms with E-state index in [9.17, 15) is 19.5 Å². The van der Waals surface area contributed by atoms with Gasteiger partial charge in [-0.25, -0.2) is 0 Å². The molecule has 0 bridgehead atoms. The number of carbonyl (C=O) groups is 3. The number of para-hydroxylation sites is 1. The zero-order valence-electron chi connectivity index (χ0n) is 14.6. The Kier molecular flexibility index (Phi) is 4.10. The monoisotopic (exact) mass is 356 g/mol. The first-order valence-corrected chi connectivity index (χ1v) is 9.36. The van der Waals surface area contributed by atoms with E-state index in [2.05, 4.69) is 5.32 Å². The number of anilines is 1. The van der Waals surface area contributed by atoms with Crippen LogP contribution in [0, 0.1) is 11.8 Å². The number of benzene rings is 1. The predicted molar refractivity (Wildman–Crippen MR) is 95.8 cm³/mol. The van der Waals surface area contributed by atoms with Gasteiger partial charge in [0.2, 0.25) is 11.6 Å². The molecule has 1 aliphatic heterocycles. The topological polar surface area (TPSA) is 109 Å². The molecule has 1 heterocycles. The molecule has 6 nitrogen and oxygen atoms in total. The van der Waals surface area contributed by atoms with Gasteiger partial charge in [-0.05, 0) is 43.2 Å². The van der Waals surface area contributed by atoms with Crippen molar-refractivity contribution in [3.8, 4) is 0 Å². The molecule has 0 amide bonds. The number of aliphatic carboxylic acids is 1. The molecule has 0 spiro atoms. The third kappa shape index (κ3) is 2.72. The number of hydrogen-bond donors (Lipinski definition) is 3. The van der Waals surface area contributed by atoms with Gasteiger partial charge in [0.1, 0.15) is 5.54 Å². The Morgan fingerprint density at radius 2 is 1.88 bits per heavy atom. The van der Waals surface area contributed by atoms with Crippen LogP contribution in [-0.4, -0.2) is 34.2 Å². The molecular formula is C20H24N2O4. The smallest absolute Gasteiger partial charge is 0.324 e. The fraction of sp³-hybridized carbons (Fsp3) is 0.550. The quantitative estimate of drug-likeness (QED) is 0.673. The Bertz CT molecular complexity index is 773. The van der Waals surface area contributed by atoms with E-state index < -0.39 is 35.4 Å². The summed E-state index contributed by atoms with van der Waals surface area (Å²) in [6.45, 7) is 0. The maximum Gasteiger partial charge on any atom is 0.324 e. The third-order valence-electron chi connectivity index (χ3n) is 6.26. The number of carboxylic acid groups (broad SMARTS) is 1. The van der Waals surface area contributed by atoms with Gasteiger partial charge in [0.15, 0.2) is 0 Å². The minimum atomic E-state index is -1.77.